The summed E-state index contributed by atoms with van der Waals surface area (Å²) in [6.45, 7) is -0.406. The minimum atomic E-state index is -4.89. The molecule has 0 spiro atoms. The fourth-order valence-corrected chi connectivity index (χ4v) is 2.35. The number of rotatable bonds is 4. The summed E-state index contributed by atoms with van der Waals surface area (Å²) < 4.78 is 42.2. The number of aromatic nitrogens is 2. The number of fused-ring (bicyclic) bond motifs is 1. The number of carbonyl (C=O) groups is 1. The molecule has 2 aromatic carbocycles. The number of halogens is 3. The summed E-state index contributed by atoms with van der Waals surface area (Å²) in [5.74, 6) is -1.24. The smallest absolute Gasteiger partial charge is 0.404 e. The van der Waals surface area contributed by atoms with Crippen LogP contribution in [-0.4, -0.2) is 21.8 Å². The number of nitrogens with one attached hydrogen (secondary N) is 1. The first-order valence-electron chi connectivity index (χ1n) is 7.42. The SMILES string of the molecule is O=C(Cn1cnc2ccccc2c1=O)Nc1ccccc1OC(F)(F)F. The lowest BCUT2D eigenvalue weighted by atomic mass is 10.2. The van der Waals surface area contributed by atoms with E-state index in [0.717, 1.165) is 10.6 Å². The van der Waals surface area contributed by atoms with Crippen LogP contribution in [0.2, 0.25) is 0 Å². The highest BCUT2D eigenvalue weighted by molar-refractivity contribution is 5.92. The Kier molecular flexibility index (Phi) is 4.61. The highest BCUT2D eigenvalue weighted by Gasteiger charge is 2.32. The van der Waals surface area contributed by atoms with E-state index in [1.807, 2.05) is 0 Å². The number of para-hydroxylation sites is 3. The Bertz CT molecular complexity index is 1020. The number of hydrogen-bond acceptors (Lipinski definition) is 4. The third-order valence-electron chi connectivity index (χ3n) is 3.43. The van der Waals surface area contributed by atoms with Crippen molar-refractivity contribution in [3.8, 4) is 5.75 Å². The van der Waals surface area contributed by atoms with Gasteiger partial charge in [-0.3, -0.25) is 14.2 Å². The van der Waals surface area contributed by atoms with Crippen LogP contribution in [0.5, 0.6) is 5.75 Å². The lowest BCUT2D eigenvalue weighted by molar-refractivity contribution is -0.274. The van der Waals surface area contributed by atoms with Gasteiger partial charge in [0, 0.05) is 0 Å². The van der Waals surface area contributed by atoms with Crippen LogP contribution < -0.4 is 15.6 Å². The van der Waals surface area contributed by atoms with E-state index in [0.29, 0.717) is 10.9 Å². The molecule has 0 aliphatic heterocycles. The highest BCUT2D eigenvalue weighted by atomic mass is 19.4. The summed E-state index contributed by atoms with van der Waals surface area (Å²) in [6, 6.07) is 11.8. The Balaban J connectivity index is 1.80. The van der Waals surface area contributed by atoms with Crippen LogP contribution in [0.4, 0.5) is 18.9 Å². The van der Waals surface area contributed by atoms with Crippen LogP contribution in [0.1, 0.15) is 0 Å². The zero-order valence-corrected chi connectivity index (χ0v) is 13.2. The van der Waals surface area contributed by atoms with Crippen LogP contribution >= 0.6 is 0 Å². The average Bonchev–Trinajstić information content (AvgIpc) is 2.58. The van der Waals surface area contributed by atoms with E-state index in [-0.39, 0.29) is 5.69 Å². The van der Waals surface area contributed by atoms with Crippen molar-refractivity contribution in [1.82, 2.24) is 9.55 Å². The van der Waals surface area contributed by atoms with E-state index in [9.17, 15) is 22.8 Å². The molecule has 6 nitrogen and oxygen atoms in total. The maximum Gasteiger partial charge on any atom is 0.573 e. The molecule has 0 saturated carbocycles. The molecular weight excluding hydrogens is 351 g/mol. The molecule has 0 unspecified atom stereocenters. The van der Waals surface area contributed by atoms with E-state index in [1.54, 1.807) is 24.3 Å². The Hall–Kier alpha value is -3.36. The molecule has 9 heteroatoms. The van der Waals surface area contributed by atoms with Gasteiger partial charge < -0.3 is 10.1 Å². The summed E-state index contributed by atoms with van der Waals surface area (Å²) in [6.07, 6.45) is -3.68. The van der Waals surface area contributed by atoms with Crippen molar-refractivity contribution in [2.24, 2.45) is 0 Å². The Labute approximate surface area is 144 Å². The van der Waals surface area contributed by atoms with Crippen molar-refractivity contribution in [2.45, 2.75) is 12.9 Å². The molecule has 1 heterocycles. The van der Waals surface area contributed by atoms with Crippen molar-refractivity contribution in [1.29, 1.82) is 0 Å². The van der Waals surface area contributed by atoms with E-state index in [2.05, 4.69) is 15.0 Å². The van der Waals surface area contributed by atoms with Crippen LogP contribution in [0.3, 0.4) is 0 Å². The Morgan fingerprint density at radius 2 is 1.81 bits per heavy atom. The summed E-state index contributed by atoms with van der Waals surface area (Å²) in [5, 5.41) is 2.64. The molecule has 0 atom stereocenters. The quantitative estimate of drug-likeness (QED) is 0.774. The molecule has 3 aromatic rings. The van der Waals surface area contributed by atoms with Gasteiger partial charge in [0.1, 0.15) is 6.54 Å². The molecule has 26 heavy (non-hydrogen) atoms. The Morgan fingerprint density at radius 3 is 2.58 bits per heavy atom. The predicted octanol–water partition coefficient (Wildman–Crippen LogP) is 2.93. The lowest BCUT2D eigenvalue weighted by Crippen LogP contribution is -2.28. The molecule has 3 rings (SSSR count). The number of ether oxygens (including phenoxy) is 1. The molecule has 1 aromatic heterocycles. The minimum Gasteiger partial charge on any atom is -0.404 e. The zero-order chi connectivity index (χ0) is 18.7. The largest absolute Gasteiger partial charge is 0.573 e. The number of hydrogen-bond donors (Lipinski definition) is 1. The van der Waals surface area contributed by atoms with E-state index >= 15 is 0 Å². The maximum absolute atomic E-state index is 12.4. The van der Waals surface area contributed by atoms with E-state index < -0.39 is 30.1 Å². The van der Waals surface area contributed by atoms with Gasteiger partial charge in [0.15, 0.2) is 5.75 Å². The fourth-order valence-electron chi connectivity index (χ4n) is 2.35. The van der Waals surface area contributed by atoms with Crippen LogP contribution in [0.15, 0.2) is 59.7 Å². The first kappa shape index (κ1) is 17.5. The predicted molar refractivity (Wildman–Crippen MR) is 87.8 cm³/mol. The van der Waals surface area contributed by atoms with Crippen LogP contribution in [0, 0.1) is 0 Å². The standard InChI is InChI=1S/C17H12F3N3O3/c18-17(19,20)26-14-8-4-3-7-13(14)22-15(24)9-23-10-21-12-6-2-1-5-11(12)16(23)25/h1-8,10H,9H2,(H,22,24). The molecule has 0 fully saturated rings. The Morgan fingerprint density at radius 1 is 1.12 bits per heavy atom. The zero-order valence-electron chi connectivity index (χ0n) is 13.2. The van der Waals surface area contributed by atoms with Gasteiger partial charge in [-0.1, -0.05) is 24.3 Å². The van der Waals surface area contributed by atoms with Gasteiger partial charge in [-0.05, 0) is 24.3 Å². The number of alkyl halides is 3. The second-order valence-electron chi connectivity index (χ2n) is 5.29. The number of amides is 1. The number of nitrogens with zero attached hydrogens (tertiary/aromatic N) is 2. The van der Waals surface area contributed by atoms with Gasteiger partial charge >= 0.3 is 6.36 Å². The van der Waals surface area contributed by atoms with Crippen LogP contribution in [-0.2, 0) is 11.3 Å². The summed E-state index contributed by atoms with van der Waals surface area (Å²) in [5.41, 5.74) is -0.0970. The third kappa shape index (κ3) is 4.00. The van der Waals surface area contributed by atoms with Crippen molar-refractivity contribution in [3.63, 3.8) is 0 Å². The highest BCUT2D eigenvalue weighted by Crippen LogP contribution is 2.29. The van der Waals surface area contributed by atoms with Crippen molar-refractivity contribution in [2.75, 3.05) is 5.32 Å². The average molecular weight is 363 g/mol. The van der Waals surface area contributed by atoms with Crippen molar-refractivity contribution in [3.05, 3.63) is 65.2 Å². The van der Waals surface area contributed by atoms with Gasteiger partial charge in [-0.2, -0.15) is 0 Å². The summed E-state index contributed by atoms with van der Waals surface area (Å²) in [7, 11) is 0. The molecule has 1 N–H and O–H groups in total. The second-order valence-corrected chi connectivity index (χ2v) is 5.29. The lowest BCUT2D eigenvalue weighted by Gasteiger charge is -2.14. The summed E-state index contributed by atoms with van der Waals surface area (Å²) in [4.78, 5) is 28.6. The first-order chi connectivity index (χ1) is 12.3. The summed E-state index contributed by atoms with van der Waals surface area (Å²) >= 11 is 0. The van der Waals surface area contributed by atoms with E-state index in [1.165, 1.54) is 24.5 Å². The normalized spacial score (nSPS) is 11.3. The van der Waals surface area contributed by atoms with Gasteiger partial charge in [0.05, 0.1) is 22.9 Å². The van der Waals surface area contributed by atoms with Gasteiger partial charge in [-0.25, -0.2) is 4.98 Å². The topological polar surface area (TPSA) is 73.2 Å². The molecule has 134 valence electrons. The van der Waals surface area contributed by atoms with Crippen molar-refractivity contribution < 1.29 is 22.7 Å². The molecule has 0 radical (unpaired) electrons. The molecule has 0 aliphatic carbocycles. The second kappa shape index (κ2) is 6.87. The number of carbonyl (C=O) groups excluding carboxylic acids is 1. The number of anilines is 1. The third-order valence-corrected chi connectivity index (χ3v) is 3.43. The molecule has 0 bridgehead atoms. The minimum absolute atomic E-state index is 0.156. The molecule has 0 saturated heterocycles. The van der Waals surface area contributed by atoms with Gasteiger partial charge in [0.2, 0.25) is 5.91 Å². The maximum atomic E-state index is 12.4. The number of benzene rings is 2. The molecular formula is C17H12F3N3O3. The first-order valence-corrected chi connectivity index (χ1v) is 7.42. The van der Waals surface area contributed by atoms with Gasteiger partial charge in [-0.15, -0.1) is 13.2 Å². The van der Waals surface area contributed by atoms with E-state index in [4.69, 9.17) is 0 Å². The van der Waals surface area contributed by atoms with Crippen LogP contribution in [0.25, 0.3) is 10.9 Å². The van der Waals surface area contributed by atoms with Crippen molar-refractivity contribution >= 4 is 22.5 Å². The fraction of sp³-hybridized carbons (Fsp3) is 0.118. The monoisotopic (exact) mass is 363 g/mol. The molecule has 0 aliphatic rings. The van der Waals surface area contributed by atoms with Gasteiger partial charge in [0.25, 0.3) is 5.56 Å². The molecule has 1 amide bonds.